The number of rotatable bonds is 7. The number of benzene rings is 2. The third-order valence-corrected chi connectivity index (χ3v) is 4.15. The first-order chi connectivity index (χ1) is 12.2. The van der Waals surface area contributed by atoms with Gasteiger partial charge in [-0.25, -0.2) is 4.79 Å². The summed E-state index contributed by atoms with van der Waals surface area (Å²) in [5.74, 6) is 0.403. The van der Waals surface area contributed by atoms with Crippen LogP contribution in [0, 0.1) is 0 Å². The van der Waals surface area contributed by atoms with Crippen LogP contribution in [0.4, 0.5) is 0 Å². The average Bonchev–Trinajstić information content (AvgIpc) is 3.12. The van der Waals surface area contributed by atoms with Crippen LogP contribution in [-0.4, -0.2) is 11.1 Å². The zero-order chi connectivity index (χ0) is 17.6. The lowest BCUT2D eigenvalue weighted by atomic mass is 9.89. The van der Waals surface area contributed by atoms with Crippen LogP contribution in [0.2, 0.25) is 0 Å². The summed E-state index contributed by atoms with van der Waals surface area (Å²) in [4.78, 5) is 10.8. The molecule has 2 aromatic carbocycles. The van der Waals surface area contributed by atoms with Gasteiger partial charge >= 0.3 is 5.97 Å². The Kier molecular flexibility index (Phi) is 5.19. The molecule has 3 aromatic rings. The molecule has 0 aliphatic heterocycles. The molecular weight excluding hydrogens is 316 g/mol. The second-order valence-corrected chi connectivity index (χ2v) is 5.80. The van der Waals surface area contributed by atoms with E-state index in [0.29, 0.717) is 11.7 Å². The lowest BCUT2D eigenvalue weighted by Crippen LogP contribution is -2.00. The van der Waals surface area contributed by atoms with E-state index in [-0.39, 0.29) is 12.4 Å². The summed E-state index contributed by atoms with van der Waals surface area (Å²) < 4.78 is 10.9. The molecule has 0 saturated carbocycles. The average molecular weight is 336 g/mol. The van der Waals surface area contributed by atoms with Crippen molar-refractivity contribution in [2.45, 2.75) is 25.9 Å². The van der Waals surface area contributed by atoms with E-state index < -0.39 is 5.97 Å². The van der Waals surface area contributed by atoms with Gasteiger partial charge in [-0.1, -0.05) is 49.4 Å². The summed E-state index contributed by atoms with van der Waals surface area (Å²) >= 11 is 0. The van der Waals surface area contributed by atoms with Crippen LogP contribution in [0.25, 0.3) is 0 Å². The van der Waals surface area contributed by atoms with E-state index in [1.165, 1.54) is 17.2 Å². The van der Waals surface area contributed by atoms with Gasteiger partial charge in [-0.3, -0.25) is 0 Å². The third kappa shape index (κ3) is 4.10. The molecule has 0 bridgehead atoms. The Labute approximate surface area is 146 Å². The molecule has 0 aliphatic rings. The van der Waals surface area contributed by atoms with E-state index in [1.807, 2.05) is 18.2 Å². The number of carbonyl (C=O) groups is 1. The quantitative estimate of drug-likeness (QED) is 0.652. The van der Waals surface area contributed by atoms with Crippen LogP contribution in [0.15, 0.2) is 71.1 Å². The zero-order valence-corrected chi connectivity index (χ0v) is 14.0. The third-order valence-electron chi connectivity index (χ3n) is 4.15. The molecule has 0 saturated heterocycles. The maximum atomic E-state index is 10.8. The van der Waals surface area contributed by atoms with Gasteiger partial charge in [0.15, 0.2) is 0 Å². The summed E-state index contributed by atoms with van der Waals surface area (Å²) in [5, 5.41) is 8.85. The van der Waals surface area contributed by atoms with Crippen molar-refractivity contribution in [2.75, 3.05) is 0 Å². The fraction of sp³-hybridized carbons (Fsp3) is 0.190. The van der Waals surface area contributed by atoms with Crippen molar-refractivity contribution in [3.05, 3.63) is 89.4 Å². The highest BCUT2D eigenvalue weighted by Crippen LogP contribution is 2.29. The summed E-state index contributed by atoms with van der Waals surface area (Å²) in [5.41, 5.74) is 2.54. The molecule has 1 N–H and O–H groups in total. The molecular formula is C21H20O4. The fourth-order valence-electron chi connectivity index (χ4n) is 2.87. The summed E-state index contributed by atoms with van der Waals surface area (Å²) in [6.45, 7) is 2.38. The Morgan fingerprint density at radius 2 is 1.68 bits per heavy atom. The molecule has 0 fully saturated rings. The number of carboxylic acid groups (broad SMARTS) is 1. The molecule has 0 radical (unpaired) electrons. The monoisotopic (exact) mass is 336 g/mol. The van der Waals surface area contributed by atoms with Crippen molar-refractivity contribution >= 4 is 5.97 Å². The highest BCUT2D eigenvalue weighted by molar-refractivity contribution is 5.84. The number of furan rings is 1. The fourth-order valence-corrected chi connectivity index (χ4v) is 2.87. The number of hydrogen-bond donors (Lipinski definition) is 1. The Morgan fingerprint density at radius 3 is 2.28 bits per heavy atom. The number of carboxylic acids is 1. The van der Waals surface area contributed by atoms with Crippen LogP contribution < -0.4 is 4.74 Å². The van der Waals surface area contributed by atoms with Crippen molar-refractivity contribution in [1.82, 2.24) is 0 Å². The molecule has 1 atom stereocenters. The Bertz CT molecular complexity index is 819. The van der Waals surface area contributed by atoms with E-state index in [4.69, 9.17) is 14.3 Å². The number of hydrogen-bond acceptors (Lipinski definition) is 3. The normalized spacial score (nSPS) is 11.9. The van der Waals surface area contributed by atoms with Crippen LogP contribution >= 0.6 is 0 Å². The maximum Gasteiger partial charge on any atom is 0.371 e. The molecule has 3 rings (SSSR count). The predicted molar refractivity (Wildman–Crippen MR) is 95.0 cm³/mol. The molecule has 0 spiro atoms. The van der Waals surface area contributed by atoms with Crippen LogP contribution in [0.5, 0.6) is 5.75 Å². The number of ether oxygens (including phenoxy) is 1. The summed E-state index contributed by atoms with van der Waals surface area (Å²) in [6.07, 6.45) is 1.02. The van der Waals surface area contributed by atoms with E-state index in [1.54, 1.807) is 6.07 Å². The van der Waals surface area contributed by atoms with Crippen molar-refractivity contribution in [1.29, 1.82) is 0 Å². The second kappa shape index (κ2) is 7.71. The highest BCUT2D eigenvalue weighted by Gasteiger charge is 2.12. The minimum atomic E-state index is -1.08. The van der Waals surface area contributed by atoms with E-state index in [0.717, 1.165) is 12.2 Å². The van der Waals surface area contributed by atoms with Gasteiger partial charge in [0, 0.05) is 5.92 Å². The van der Waals surface area contributed by atoms with Gasteiger partial charge in [0.2, 0.25) is 5.76 Å². The molecule has 1 heterocycles. The minimum absolute atomic E-state index is 0.0809. The molecule has 128 valence electrons. The maximum absolute atomic E-state index is 10.8. The van der Waals surface area contributed by atoms with E-state index in [2.05, 4.69) is 43.3 Å². The summed E-state index contributed by atoms with van der Waals surface area (Å²) in [7, 11) is 0. The Hall–Kier alpha value is -3.01. The van der Waals surface area contributed by atoms with Crippen molar-refractivity contribution < 1.29 is 19.1 Å². The predicted octanol–water partition coefficient (Wildman–Crippen LogP) is 5.10. The molecule has 4 heteroatoms. The van der Waals surface area contributed by atoms with Gasteiger partial charge in [0.05, 0.1) is 0 Å². The second-order valence-electron chi connectivity index (χ2n) is 5.80. The first-order valence-corrected chi connectivity index (χ1v) is 8.27. The van der Waals surface area contributed by atoms with Gasteiger partial charge < -0.3 is 14.3 Å². The largest absolute Gasteiger partial charge is 0.486 e. The first kappa shape index (κ1) is 16.8. The van der Waals surface area contributed by atoms with Crippen LogP contribution in [-0.2, 0) is 6.61 Å². The van der Waals surface area contributed by atoms with Gasteiger partial charge in [0.1, 0.15) is 18.1 Å². The molecule has 0 amide bonds. The van der Waals surface area contributed by atoms with Gasteiger partial charge in [-0.2, -0.15) is 0 Å². The van der Waals surface area contributed by atoms with Gasteiger partial charge in [-0.15, -0.1) is 0 Å². The van der Waals surface area contributed by atoms with Crippen LogP contribution in [0.3, 0.4) is 0 Å². The molecule has 0 aliphatic carbocycles. The SMILES string of the molecule is CCC(c1ccccc1)c1ccc(OCc2ccc(C(=O)O)o2)cc1. The van der Waals surface area contributed by atoms with E-state index in [9.17, 15) is 4.79 Å². The first-order valence-electron chi connectivity index (χ1n) is 8.27. The van der Waals surface area contributed by atoms with Gasteiger partial charge in [-0.05, 0) is 41.8 Å². The zero-order valence-electron chi connectivity index (χ0n) is 14.0. The Morgan fingerprint density at radius 1 is 1.00 bits per heavy atom. The number of aromatic carboxylic acids is 1. The lowest BCUT2D eigenvalue weighted by molar-refractivity contribution is 0.0658. The molecule has 4 nitrogen and oxygen atoms in total. The van der Waals surface area contributed by atoms with Crippen molar-refractivity contribution in [3.8, 4) is 5.75 Å². The highest BCUT2D eigenvalue weighted by atomic mass is 16.5. The van der Waals surface area contributed by atoms with Gasteiger partial charge in [0.25, 0.3) is 0 Å². The summed E-state index contributed by atoms with van der Waals surface area (Å²) in [6, 6.07) is 21.5. The smallest absolute Gasteiger partial charge is 0.371 e. The van der Waals surface area contributed by atoms with Crippen molar-refractivity contribution in [3.63, 3.8) is 0 Å². The minimum Gasteiger partial charge on any atom is -0.486 e. The Balaban J connectivity index is 1.66. The molecule has 1 aromatic heterocycles. The molecule has 1 unspecified atom stereocenters. The van der Waals surface area contributed by atoms with E-state index >= 15 is 0 Å². The van der Waals surface area contributed by atoms with Crippen molar-refractivity contribution in [2.24, 2.45) is 0 Å². The topological polar surface area (TPSA) is 59.7 Å². The lowest BCUT2D eigenvalue weighted by Gasteiger charge is -2.16. The standard InChI is InChI=1S/C21H20O4/c1-2-19(15-6-4-3-5-7-15)16-8-10-17(11-9-16)24-14-18-12-13-20(25-18)21(22)23/h3-13,19H,2,14H2,1H3,(H,22,23). The van der Waals surface area contributed by atoms with Crippen LogP contribution in [0.1, 0.15) is 46.7 Å². The molecule has 25 heavy (non-hydrogen) atoms.